The summed E-state index contributed by atoms with van der Waals surface area (Å²) in [7, 11) is 0. The van der Waals surface area contributed by atoms with Crippen LogP contribution in [0.3, 0.4) is 0 Å². The van der Waals surface area contributed by atoms with Gasteiger partial charge in [-0.1, -0.05) is 26.2 Å². The van der Waals surface area contributed by atoms with Gasteiger partial charge in [0.05, 0.1) is 11.7 Å². The fourth-order valence-electron chi connectivity index (χ4n) is 2.89. The van der Waals surface area contributed by atoms with Crippen LogP contribution in [0.15, 0.2) is 12.3 Å². The molecule has 0 saturated heterocycles. The zero-order chi connectivity index (χ0) is 13.0. The first-order valence-electron chi connectivity index (χ1n) is 7.40. The summed E-state index contributed by atoms with van der Waals surface area (Å²) in [6.07, 6.45) is 9.90. The monoisotopic (exact) mass is 249 g/mol. The van der Waals surface area contributed by atoms with Gasteiger partial charge < -0.3 is 5.32 Å². The van der Waals surface area contributed by atoms with Crippen LogP contribution in [0.25, 0.3) is 0 Å². The van der Waals surface area contributed by atoms with Gasteiger partial charge in [0.25, 0.3) is 0 Å². The quantitative estimate of drug-likeness (QED) is 0.833. The van der Waals surface area contributed by atoms with E-state index in [1.165, 1.54) is 44.2 Å². The molecule has 18 heavy (non-hydrogen) atoms. The van der Waals surface area contributed by atoms with Crippen molar-refractivity contribution in [3.05, 3.63) is 18.0 Å². The Morgan fingerprint density at radius 1 is 1.39 bits per heavy atom. The molecule has 0 aliphatic heterocycles. The lowest BCUT2D eigenvalue weighted by Crippen LogP contribution is -2.38. The second kappa shape index (κ2) is 5.87. The van der Waals surface area contributed by atoms with Crippen LogP contribution in [0.4, 0.5) is 0 Å². The standard InChI is InChI=1S/C15H27N3/c1-4-10-15(2,3)16-12-13-9-11-18(17-13)14-7-5-6-8-14/h9,11,14,16H,4-8,10,12H2,1-3H3. The first-order valence-corrected chi connectivity index (χ1v) is 7.40. The highest BCUT2D eigenvalue weighted by Crippen LogP contribution is 2.28. The summed E-state index contributed by atoms with van der Waals surface area (Å²) in [6, 6.07) is 2.82. The van der Waals surface area contributed by atoms with Gasteiger partial charge in [-0.15, -0.1) is 0 Å². The predicted molar refractivity (Wildman–Crippen MR) is 75.6 cm³/mol. The minimum Gasteiger partial charge on any atom is -0.306 e. The highest BCUT2D eigenvalue weighted by Gasteiger charge is 2.19. The smallest absolute Gasteiger partial charge is 0.0762 e. The van der Waals surface area contributed by atoms with Crippen molar-refractivity contribution in [3.63, 3.8) is 0 Å². The third-order valence-corrected chi connectivity index (χ3v) is 3.99. The lowest BCUT2D eigenvalue weighted by molar-refractivity contribution is 0.353. The van der Waals surface area contributed by atoms with E-state index in [1.54, 1.807) is 0 Å². The van der Waals surface area contributed by atoms with E-state index >= 15 is 0 Å². The second-order valence-electron chi connectivity index (χ2n) is 6.21. The van der Waals surface area contributed by atoms with Gasteiger partial charge in [-0.05, 0) is 39.2 Å². The van der Waals surface area contributed by atoms with Crippen LogP contribution in [0.5, 0.6) is 0 Å². The van der Waals surface area contributed by atoms with Crippen LogP contribution in [0.1, 0.15) is 71.0 Å². The van der Waals surface area contributed by atoms with Crippen molar-refractivity contribution in [1.82, 2.24) is 15.1 Å². The topological polar surface area (TPSA) is 29.9 Å². The molecule has 0 atom stereocenters. The van der Waals surface area contributed by atoms with Crippen molar-refractivity contribution in [3.8, 4) is 0 Å². The maximum atomic E-state index is 4.71. The summed E-state index contributed by atoms with van der Waals surface area (Å²) in [4.78, 5) is 0. The Hall–Kier alpha value is -0.830. The first kappa shape index (κ1) is 13.6. The molecule has 0 radical (unpaired) electrons. The molecule has 1 aromatic heterocycles. The number of nitrogens with one attached hydrogen (secondary N) is 1. The van der Waals surface area contributed by atoms with Crippen LogP contribution in [0.2, 0.25) is 0 Å². The minimum atomic E-state index is 0.214. The molecular formula is C15H27N3. The molecule has 1 aliphatic carbocycles. The van der Waals surface area contributed by atoms with Crippen molar-refractivity contribution in [2.24, 2.45) is 0 Å². The Balaban J connectivity index is 1.86. The van der Waals surface area contributed by atoms with Gasteiger partial charge in [-0.25, -0.2) is 0 Å². The molecule has 1 saturated carbocycles. The summed E-state index contributed by atoms with van der Waals surface area (Å²) in [5, 5.41) is 8.31. The van der Waals surface area contributed by atoms with Crippen LogP contribution in [0, 0.1) is 0 Å². The molecule has 1 aliphatic rings. The largest absolute Gasteiger partial charge is 0.306 e. The molecule has 1 N–H and O–H groups in total. The van der Waals surface area contributed by atoms with E-state index in [1.807, 2.05) is 0 Å². The molecule has 1 heterocycles. The molecule has 0 aromatic carbocycles. The van der Waals surface area contributed by atoms with E-state index in [4.69, 9.17) is 5.10 Å². The predicted octanol–water partition coefficient (Wildman–Crippen LogP) is 3.67. The molecule has 0 bridgehead atoms. The minimum absolute atomic E-state index is 0.214. The van der Waals surface area contributed by atoms with Crippen molar-refractivity contribution >= 4 is 0 Å². The number of nitrogens with zero attached hydrogens (tertiary/aromatic N) is 2. The Labute approximate surface area is 111 Å². The van der Waals surface area contributed by atoms with Crippen molar-refractivity contribution in [2.45, 2.75) is 77.4 Å². The molecular weight excluding hydrogens is 222 g/mol. The zero-order valence-corrected chi connectivity index (χ0v) is 12.1. The first-order chi connectivity index (χ1) is 8.61. The van der Waals surface area contributed by atoms with E-state index in [0.717, 1.165) is 6.54 Å². The van der Waals surface area contributed by atoms with Gasteiger partial charge in [0.2, 0.25) is 0 Å². The number of rotatable bonds is 6. The Morgan fingerprint density at radius 2 is 2.11 bits per heavy atom. The van der Waals surface area contributed by atoms with Crippen molar-refractivity contribution in [1.29, 1.82) is 0 Å². The highest BCUT2D eigenvalue weighted by atomic mass is 15.3. The Bertz CT molecular complexity index is 362. The molecule has 3 heteroatoms. The van der Waals surface area contributed by atoms with Crippen LogP contribution in [-0.4, -0.2) is 15.3 Å². The summed E-state index contributed by atoms with van der Waals surface area (Å²) in [5.74, 6) is 0. The molecule has 102 valence electrons. The number of hydrogen-bond acceptors (Lipinski definition) is 2. The van der Waals surface area contributed by atoms with Gasteiger partial charge in [-0.3, -0.25) is 4.68 Å². The molecule has 0 spiro atoms. The number of hydrogen-bond donors (Lipinski definition) is 1. The molecule has 0 unspecified atom stereocenters. The zero-order valence-electron chi connectivity index (χ0n) is 12.1. The van der Waals surface area contributed by atoms with Gasteiger partial charge in [-0.2, -0.15) is 5.10 Å². The average Bonchev–Trinajstić information content (AvgIpc) is 2.97. The lowest BCUT2D eigenvalue weighted by atomic mass is 9.99. The van der Waals surface area contributed by atoms with E-state index in [-0.39, 0.29) is 5.54 Å². The highest BCUT2D eigenvalue weighted by molar-refractivity contribution is 5.01. The molecule has 0 amide bonds. The van der Waals surface area contributed by atoms with Gasteiger partial charge >= 0.3 is 0 Å². The Kier molecular flexibility index (Phi) is 4.44. The summed E-state index contributed by atoms with van der Waals surface area (Å²) >= 11 is 0. The molecule has 3 nitrogen and oxygen atoms in total. The van der Waals surface area contributed by atoms with E-state index in [2.05, 4.69) is 43.0 Å². The summed E-state index contributed by atoms with van der Waals surface area (Å²) in [6.45, 7) is 7.65. The maximum Gasteiger partial charge on any atom is 0.0762 e. The molecule has 2 rings (SSSR count). The normalized spacial score (nSPS) is 17.5. The van der Waals surface area contributed by atoms with Crippen molar-refractivity contribution in [2.75, 3.05) is 0 Å². The fraction of sp³-hybridized carbons (Fsp3) is 0.800. The average molecular weight is 249 g/mol. The molecule has 1 fully saturated rings. The lowest BCUT2D eigenvalue weighted by Gasteiger charge is -2.25. The van der Waals surface area contributed by atoms with Crippen molar-refractivity contribution < 1.29 is 0 Å². The number of aromatic nitrogens is 2. The fourth-order valence-corrected chi connectivity index (χ4v) is 2.89. The van der Waals surface area contributed by atoms with E-state index < -0.39 is 0 Å². The SMILES string of the molecule is CCCC(C)(C)NCc1ccn(C2CCCC2)n1. The maximum absolute atomic E-state index is 4.71. The van der Waals surface area contributed by atoms with Crippen LogP contribution in [-0.2, 0) is 6.54 Å². The van der Waals surface area contributed by atoms with E-state index in [9.17, 15) is 0 Å². The second-order valence-corrected chi connectivity index (χ2v) is 6.21. The van der Waals surface area contributed by atoms with Gasteiger partial charge in [0.15, 0.2) is 0 Å². The summed E-state index contributed by atoms with van der Waals surface area (Å²) in [5.41, 5.74) is 1.39. The summed E-state index contributed by atoms with van der Waals surface area (Å²) < 4.78 is 2.18. The van der Waals surface area contributed by atoms with Crippen LogP contribution >= 0.6 is 0 Å². The third kappa shape index (κ3) is 3.58. The molecule has 1 aromatic rings. The Morgan fingerprint density at radius 3 is 2.78 bits per heavy atom. The third-order valence-electron chi connectivity index (χ3n) is 3.99. The van der Waals surface area contributed by atoms with E-state index in [0.29, 0.717) is 6.04 Å². The van der Waals surface area contributed by atoms with Gasteiger partial charge in [0.1, 0.15) is 0 Å². The van der Waals surface area contributed by atoms with Crippen LogP contribution < -0.4 is 5.32 Å². The van der Waals surface area contributed by atoms with Gasteiger partial charge in [0, 0.05) is 18.3 Å².